The summed E-state index contributed by atoms with van der Waals surface area (Å²) in [6, 6.07) is 8.06. The average molecular weight is 337 g/mol. The number of aromatic nitrogens is 3. The topological polar surface area (TPSA) is 95.0 Å². The number of hydrogen-bond acceptors (Lipinski definition) is 7. The van der Waals surface area contributed by atoms with Crippen LogP contribution in [0.25, 0.3) is 0 Å². The van der Waals surface area contributed by atoms with Gasteiger partial charge in [0, 0.05) is 31.5 Å². The summed E-state index contributed by atoms with van der Waals surface area (Å²) in [7, 11) is 2.12. The average Bonchev–Trinajstić information content (AvgIpc) is 2.88. The van der Waals surface area contributed by atoms with E-state index in [-0.39, 0.29) is 0 Å². The molecule has 2 aromatic heterocycles. The molecule has 130 valence electrons. The normalized spacial score (nSPS) is 18.0. The van der Waals surface area contributed by atoms with Crippen molar-refractivity contribution in [3.63, 3.8) is 0 Å². The lowest BCUT2D eigenvalue weighted by Crippen LogP contribution is -2.33. The summed E-state index contributed by atoms with van der Waals surface area (Å²) in [5, 5.41) is 8.89. The molecule has 0 aliphatic carbocycles. The molecule has 0 spiro atoms. The van der Waals surface area contributed by atoms with Crippen molar-refractivity contribution in [1.29, 1.82) is 5.26 Å². The van der Waals surface area contributed by atoms with Crippen LogP contribution in [0.1, 0.15) is 30.7 Å². The Morgan fingerprint density at radius 3 is 2.88 bits per heavy atom. The molecule has 2 aromatic rings. The molecule has 1 atom stereocenters. The van der Waals surface area contributed by atoms with E-state index in [4.69, 9.17) is 11.0 Å². The van der Waals surface area contributed by atoms with Crippen molar-refractivity contribution in [2.75, 3.05) is 30.8 Å². The number of pyridine rings is 1. The number of anilines is 2. The molecule has 0 bridgehead atoms. The molecule has 1 saturated heterocycles. The lowest BCUT2D eigenvalue weighted by Gasteiger charge is -2.26. The standard InChI is InChI=1S/C18H23N7/c1-24(13-17-21-8-6-16(20)23-17)15-3-2-9-25(10-7-15)18-5-4-14(11-19)12-22-18/h4-6,8,12,15H,2-3,7,9-10,13H2,1H3,(H2,20,21,23)/t15-/m1/s1. The highest BCUT2D eigenvalue weighted by molar-refractivity contribution is 5.42. The van der Waals surface area contributed by atoms with Crippen molar-refractivity contribution in [3.8, 4) is 6.07 Å². The van der Waals surface area contributed by atoms with Crippen LogP contribution in [-0.2, 0) is 6.54 Å². The molecule has 2 N–H and O–H groups in total. The van der Waals surface area contributed by atoms with E-state index in [2.05, 4.69) is 37.9 Å². The molecule has 7 nitrogen and oxygen atoms in total. The van der Waals surface area contributed by atoms with E-state index < -0.39 is 0 Å². The Morgan fingerprint density at radius 2 is 2.16 bits per heavy atom. The van der Waals surface area contributed by atoms with Crippen molar-refractivity contribution in [2.45, 2.75) is 31.8 Å². The number of hydrogen-bond donors (Lipinski definition) is 1. The van der Waals surface area contributed by atoms with Gasteiger partial charge in [-0.3, -0.25) is 4.90 Å². The second-order valence-electron chi connectivity index (χ2n) is 6.40. The number of nitrogens with zero attached hydrogens (tertiary/aromatic N) is 6. The maximum atomic E-state index is 8.89. The van der Waals surface area contributed by atoms with Gasteiger partial charge in [0.25, 0.3) is 0 Å². The second-order valence-corrected chi connectivity index (χ2v) is 6.40. The van der Waals surface area contributed by atoms with Gasteiger partial charge in [0.2, 0.25) is 0 Å². The van der Waals surface area contributed by atoms with Gasteiger partial charge >= 0.3 is 0 Å². The molecule has 0 radical (unpaired) electrons. The molecule has 1 fully saturated rings. The van der Waals surface area contributed by atoms with Crippen LogP contribution in [0, 0.1) is 11.3 Å². The Hall–Kier alpha value is -2.72. The van der Waals surface area contributed by atoms with Crippen molar-refractivity contribution in [2.24, 2.45) is 0 Å². The zero-order valence-corrected chi connectivity index (χ0v) is 14.5. The third-order valence-corrected chi connectivity index (χ3v) is 4.64. The predicted molar refractivity (Wildman–Crippen MR) is 96.7 cm³/mol. The first-order chi connectivity index (χ1) is 12.2. The van der Waals surface area contributed by atoms with E-state index in [9.17, 15) is 0 Å². The summed E-state index contributed by atoms with van der Waals surface area (Å²) >= 11 is 0. The van der Waals surface area contributed by atoms with Crippen LogP contribution >= 0.6 is 0 Å². The van der Waals surface area contributed by atoms with Gasteiger partial charge in [0.05, 0.1) is 12.1 Å². The maximum Gasteiger partial charge on any atom is 0.144 e. The first-order valence-corrected chi connectivity index (χ1v) is 8.54. The molecule has 1 aliphatic rings. The highest BCUT2D eigenvalue weighted by Crippen LogP contribution is 2.21. The van der Waals surface area contributed by atoms with Crippen molar-refractivity contribution in [3.05, 3.63) is 42.0 Å². The van der Waals surface area contributed by atoms with Gasteiger partial charge in [-0.05, 0) is 44.5 Å². The number of nitriles is 1. The Kier molecular flexibility index (Phi) is 5.41. The van der Waals surface area contributed by atoms with Crippen LogP contribution in [0.3, 0.4) is 0 Å². The van der Waals surface area contributed by atoms with Gasteiger partial charge < -0.3 is 10.6 Å². The fraction of sp³-hybridized carbons (Fsp3) is 0.444. The molecule has 0 saturated carbocycles. The lowest BCUT2D eigenvalue weighted by molar-refractivity contribution is 0.212. The quantitative estimate of drug-likeness (QED) is 0.909. The third-order valence-electron chi connectivity index (χ3n) is 4.64. The smallest absolute Gasteiger partial charge is 0.144 e. The molecule has 7 heteroatoms. The van der Waals surface area contributed by atoms with Gasteiger partial charge in [0.1, 0.15) is 23.5 Å². The van der Waals surface area contributed by atoms with Crippen LogP contribution in [-0.4, -0.2) is 46.0 Å². The molecule has 1 aliphatic heterocycles. The van der Waals surface area contributed by atoms with Crippen molar-refractivity contribution >= 4 is 11.6 Å². The largest absolute Gasteiger partial charge is 0.384 e. The van der Waals surface area contributed by atoms with Crippen LogP contribution in [0.4, 0.5) is 11.6 Å². The van der Waals surface area contributed by atoms with Crippen LogP contribution < -0.4 is 10.6 Å². The van der Waals surface area contributed by atoms with Gasteiger partial charge in [0.15, 0.2) is 0 Å². The third kappa shape index (κ3) is 4.43. The molecule has 0 unspecified atom stereocenters. The molecular weight excluding hydrogens is 314 g/mol. The molecule has 0 amide bonds. The van der Waals surface area contributed by atoms with Crippen molar-refractivity contribution in [1.82, 2.24) is 19.9 Å². The van der Waals surface area contributed by atoms with Crippen LogP contribution in [0.15, 0.2) is 30.6 Å². The molecule has 0 aromatic carbocycles. The van der Waals surface area contributed by atoms with E-state index in [1.54, 1.807) is 18.5 Å². The van der Waals surface area contributed by atoms with Gasteiger partial charge in [-0.2, -0.15) is 5.26 Å². The molecule has 3 heterocycles. The molecule has 3 rings (SSSR count). The zero-order chi connectivity index (χ0) is 17.6. The van der Waals surface area contributed by atoms with Gasteiger partial charge in [-0.25, -0.2) is 15.0 Å². The second kappa shape index (κ2) is 7.90. The highest BCUT2D eigenvalue weighted by atomic mass is 15.2. The lowest BCUT2D eigenvalue weighted by atomic mass is 10.1. The minimum atomic E-state index is 0.480. The first-order valence-electron chi connectivity index (χ1n) is 8.54. The minimum Gasteiger partial charge on any atom is -0.384 e. The number of rotatable bonds is 4. The van der Waals surface area contributed by atoms with Gasteiger partial charge in [-0.1, -0.05) is 0 Å². The summed E-state index contributed by atoms with van der Waals surface area (Å²) in [5.41, 5.74) is 6.33. The Labute approximate surface area is 148 Å². The number of nitrogens with two attached hydrogens (primary N) is 1. The number of nitrogen functional groups attached to an aromatic ring is 1. The summed E-state index contributed by atoms with van der Waals surface area (Å²) in [6.07, 6.45) is 6.64. The zero-order valence-electron chi connectivity index (χ0n) is 14.5. The van der Waals surface area contributed by atoms with E-state index in [1.807, 2.05) is 12.1 Å². The SMILES string of the molecule is CN(Cc1nccc(N)n1)[C@@H]1CCCN(c2ccc(C#N)cn2)CC1. The van der Waals surface area contributed by atoms with E-state index in [0.717, 1.165) is 44.0 Å². The summed E-state index contributed by atoms with van der Waals surface area (Å²) in [4.78, 5) is 17.6. The minimum absolute atomic E-state index is 0.480. The summed E-state index contributed by atoms with van der Waals surface area (Å²) in [5.74, 6) is 2.22. The van der Waals surface area contributed by atoms with E-state index in [1.165, 1.54) is 0 Å². The summed E-state index contributed by atoms with van der Waals surface area (Å²) in [6.45, 7) is 2.63. The maximum absolute atomic E-state index is 8.89. The highest BCUT2D eigenvalue weighted by Gasteiger charge is 2.21. The predicted octanol–water partition coefficient (Wildman–Crippen LogP) is 1.82. The fourth-order valence-electron chi connectivity index (χ4n) is 3.23. The first kappa shape index (κ1) is 17.1. The Balaban J connectivity index is 1.59. The fourth-order valence-corrected chi connectivity index (χ4v) is 3.23. The van der Waals surface area contributed by atoms with E-state index in [0.29, 0.717) is 24.0 Å². The Bertz CT molecular complexity index is 738. The monoisotopic (exact) mass is 337 g/mol. The van der Waals surface area contributed by atoms with E-state index >= 15 is 0 Å². The van der Waals surface area contributed by atoms with Crippen LogP contribution in [0.2, 0.25) is 0 Å². The van der Waals surface area contributed by atoms with Crippen molar-refractivity contribution < 1.29 is 0 Å². The van der Waals surface area contributed by atoms with Gasteiger partial charge in [-0.15, -0.1) is 0 Å². The Morgan fingerprint density at radius 1 is 1.28 bits per heavy atom. The summed E-state index contributed by atoms with van der Waals surface area (Å²) < 4.78 is 0. The molecule has 25 heavy (non-hydrogen) atoms. The van der Waals surface area contributed by atoms with Crippen LogP contribution in [0.5, 0.6) is 0 Å². The molecular formula is C18H23N7.